The number of rotatable bonds is 14. The van der Waals surface area contributed by atoms with Crippen LogP contribution in [0.2, 0.25) is 0 Å². The summed E-state index contributed by atoms with van der Waals surface area (Å²) in [7, 11) is 0. The Balaban J connectivity index is 2.14. The summed E-state index contributed by atoms with van der Waals surface area (Å²) in [6.45, 7) is 20.1. The number of unbranched alkanes of at least 4 members (excludes halogenated alkanes) is 3. The topological polar surface area (TPSA) is 12.0 Å². The molecule has 1 aliphatic carbocycles. The largest absolute Gasteiger partial charge is 0.362 e. The van der Waals surface area contributed by atoms with Crippen molar-refractivity contribution < 1.29 is 0 Å². The number of hydrogen-bond acceptors (Lipinski definition) is 1. The minimum absolute atomic E-state index is 0.407. The van der Waals surface area contributed by atoms with Crippen LogP contribution in [0.3, 0.4) is 0 Å². The van der Waals surface area contributed by atoms with E-state index >= 15 is 0 Å². The van der Waals surface area contributed by atoms with Crippen molar-refractivity contribution in [2.45, 2.75) is 105 Å². The van der Waals surface area contributed by atoms with Gasteiger partial charge in [0, 0.05) is 17.3 Å². The Morgan fingerprint density at radius 3 is 2.53 bits per heavy atom. The molecule has 1 N–H and O–H groups in total. The second kappa shape index (κ2) is 13.9. The number of allylic oxidation sites excluding steroid dienone is 6. The van der Waals surface area contributed by atoms with Gasteiger partial charge in [0.15, 0.2) is 0 Å². The molecule has 0 radical (unpaired) electrons. The van der Waals surface area contributed by atoms with Crippen molar-refractivity contribution in [1.29, 1.82) is 0 Å². The van der Waals surface area contributed by atoms with E-state index < -0.39 is 0 Å². The van der Waals surface area contributed by atoms with Crippen LogP contribution in [-0.4, -0.2) is 0 Å². The third-order valence-electron chi connectivity index (χ3n) is 8.00. The minimum Gasteiger partial charge on any atom is -0.362 e. The van der Waals surface area contributed by atoms with Crippen molar-refractivity contribution in [3.63, 3.8) is 0 Å². The Kier molecular flexibility index (Phi) is 11.6. The molecule has 1 aliphatic heterocycles. The molecule has 2 aliphatic rings. The monoisotopic (exact) mass is 437 g/mol. The second-order valence-electron chi connectivity index (χ2n) is 10.2. The van der Waals surface area contributed by atoms with Gasteiger partial charge in [-0.3, -0.25) is 0 Å². The van der Waals surface area contributed by atoms with Crippen molar-refractivity contribution in [2.75, 3.05) is 0 Å². The first-order valence-electron chi connectivity index (χ1n) is 13.7. The molecule has 0 saturated carbocycles. The molecule has 1 nitrogen and oxygen atoms in total. The Morgan fingerprint density at radius 1 is 1.12 bits per heavy atom. The van der Waals surface area contributed by atoms with E-state index in [1.54, 1.807) is 11.1 Å². The van der Waals surface area contributed by atoms with Gasteiger partial charge in [-0.2, -0.15) is 0 Å². The maximum Gasteiger partial charge on any atom is 0.0394 e. The normalized spacial score (nSPS) is 25.7. The van der Waals surface area contributed by atoms with Crippen molar-refractivity contribution in [3.8, 4) is 0 Å². The first-order valence-corrected chi connectivity index (χ1v) is 13.7. The molecule has 0 fully saturated rings. The number of hydrogen-bond donors (Lipinski definition) is 1. The van der Waals surface area contributed by atoms with Crippen LogP contribution in [0, 0.1) is 29.6 Å². The molecule has 1 heterocycles. The summed E-state index contributed by atoms with van der Waals surface area (Å²) in [6.07, 6.45) is 23.3. The maximum absolute atomic E-state index is 4.37. The standard InChI is InChI=1S/C31H51N/c1-8-13-15-16-17-18-25(10-3)21-26(11-4)28(12-5)27-20-23(6)31-30(22-27)29(19-14-9-2)24(7)32-31/h8,14,19,21,23,26-29,32H,1,7,9-13,15-18,20,22H2,2-6H3. The van der Waals surface area contributed by atoms with Gasteiger partial charge in [0.2, 0.25) is 0 Å². The van der Waals surface area contributed by atoms with Gasteiger partial charge in [0.25, 0.3) is 0 Å². The Hall–Kier alpha value is -1.50. The third kappa shape index (κ3) is 7.00. The Labute approximate surface area is 200 Å². The first-order chi connectivity index (χ1) is 15.5. The molecule has 0 aromatic rings. The van der Waals surface area contributed by atoms with Crippen LogP contribution in [0.1, 0.15) is 105 Å². The highest BCUT2D eigenvalue weighted by atomic mass is 15.0. The van der Waals surface area contributed by atoms with E-state index in [0.717, 1.165) is 24.7 Å². The van der Waals surface area contributed by atoms with Gasteiger partial charge < -0.3 is 5.32 Å². The van der Waals surface area contributed by atoms with E-state index in [1.165, 1.54) is 69.2 Å². The molecule has 5 atom stereocenters. The highest BCUT2D eigenvalue weighted by Gasteiger charge is 2.39. The quantitative estimate of drug-likeness (QED) is 0.211. The smallest absolute Gasteiger partial charge is 0.0394 e. The van der Waals surface area contributed by atoms with E-state index in [2.05, 4.69) is 77.4 Å². The van der Waals surface area contributed by atoms with Gasteiger partial charge in [0.1, 0.15) is 0 Å². The average Bonchev–Trinajstić information content (AvgIpc) is 3.11. The van der Waals surface area contributed by atoms with Gasteiger partial charge in [-0.1, -0.05) is 83.9 Å². The van der Waals surface area contributed by atoms with E-state index in [0.29, 0.717) is 17.8 Å². The predicted octanol–water partition coefficient (Wildman–Crippen LogP) is 9.51. The Bertz CT molecular complexity index is 691. The highest BCUT2D eigenvalue weighted by Crippen LogP contribution is 2.47. The first kappa shape index (κ1) is 26.7. The summed E-state index contributed by atoms with van der Waals surface area (Å²) in [6, 6.07) is 0. The minimum atomic E-state index is 0.407. The van der Waals surface area contributed by atoms with Crippen LogP contribution in [0.4, 0.5) is 0 Å². The van der Waals surface area contributed by atoms with Gasteiger partial charge in [-0.05, 0) is 87.0 Å². The van der Waals surface area contributed by atoms with Gasteiger partial charge in [0.05, 0.1) is 0 Å². The average molecular weight is 438 g/mol. The highest BCUT2D eigenvalue weighted by molar-refractivity contribution is 5.40. The lowest BCUT2D eigenvalue weighted by Gasteiger charge is -2.38. The molecule has 2 rings (SSSR count). The molecular formula is C31H51N. The summed E-state index contributed by atoms with van der Waals surface area (Å²) in [5.74, 6) is 3.30. The summed E-state index contributed by atoms with van der Waals surface area (Å²) in [5.41, 5.74) is 6.01. The molecule has 0 bridgehead atoms. The fraction of sp³-hybridized carbons (Fsp3) is 0.677. The van der Waals surface area contributed by atoms with Gasteiger partial charge in [-0.25, -0.2) is 0 Å². The molecule has 180 valence electrons. The van der Waals surface area contributed by atoms with E-state index in [1.807, 2.05) is 0 Å². The third-order valence-corrected chi connectivity index (χ3v) is 8.00. The van der Waals surface area contributed by atoms with E-state index in [9.17, 15) is 0 Å². The molecule has 0 spiro atoms. The van der Waals surface area contributed by atoms with Crippen LogP contribution in [0.5, 0.6) is 0 Å². The van der Waals surface area contributed by atoms with Crippen LogP contribution in [0.25, 0.3) is 0 Å². The lowest BCUT2D eigenvalue weighted by atomic mass is 9.67. The SMILES string of the molecule is C=CCCCCCC(=CC(CC)C(CC)C1CC2=C(NC(=C)C2C=CCC)C(C)C1)CC. The van der Waals surface area contributed by atoms with Gasteiger partial charge >= 0.3 is 0 Å². The van der Waals surface area contributed by atoms with E-state index in [4.69, 9.17) is 0 Å². The maximum atomic E-state index is 4.37. The van der Waals surface area contributed by atoms with Crippen molar-refractivity contribution >= 4 is 0 Å². The molecule has 0 aromatic carbocycles. The van der Waals surface area contributed by atoms with Crippen molar-refractivity contribution in [3.05, 3.63) is 60.0 Å². The van der Waals surface area contributed by atoms with Gasteiger partial charge in [-0.15, -0.1) is 6.58 Å². The predicted molar refractivity (Wildman–Crippen MR) is 143 cm³/mol. The molecule has 0 aromatic heterocycles. The van der Waals surface area contributed by atoms with Crippen molar-refractivity contribution in [1.82, 2.24) is 5.32 Å². The molecule has 0 amide bonds. The Morgan fingerprint density at radius 2 is 1.91 bits per heavy atom. The van der Waals surface area contributed by atoms with Crippen LogP contribution in [-0.2, 0) is 0 Å². The molecule has 1 heteroatoms. The zero-order valence-electron chi connectivity index (χ0n) is 21.9. The zero-order chi connectivity index (χ0) is 23.5. The lowest BCUT2D eigenvalue weighted by Crippen LogP contribution is -2.29. The van der Waals surface area contributed by atoms with Crippen LogP contribution in [0.15, 0.2) is 60.0 Å². The molecule has 5 unspecified atom stereocenters. The summed E-state index contributed by atoms with van der Waals surface area (Å²) in [5, 5.41) is 3.68. The zero-order valence-corrected chi connectivity index (χ0v) is 21.9. The molecule has 32 heavy (non-hydrogen) atoms. The van der Waals surface area contributed by atoms with Crippen LogP contribution >= 0.6 is 0 Å². The fourth-order valence-corrected chi connectivity index (χ4v) is 6.18. The second-order valence-corrected chi connectivity index (χ2v) is 10.2. The molecule has 0 saturated heterocycles. The lowest BCUT2D eigenvalue weighted by molar-refractivity contribution is 0.203. The van der Waals surface area contributed by atoms with Crippen molar-refractivity contribution in [2.24, 2.45) is 29.6 Å². The van der Waals surface area contributed by atoms with E-state index in [-0.39, 0.29) is 0 Å². The summed E-state index contributed by atoms with van der Waals surface area (Å²) < 4.78 is 0. The molecular weight excluding hydrogens is 386 g/mol. The summed E-state index contributed by atoms with van der Waals surface area (Å²) >= 11 is 0. The summed E-state index contributed by atoms with van der Waals surface area (Å²) in [4.78, 5) is 0. The van der Waals surface area contributed by atoms with Crippen LogP contribution < -0.4 is 5.32 Å². The fourth-order valence-electron chi connectivity index (χ4n) is 6.18. The number of nitrogens with one attached hydrogen (secondary N) is 1.